The first kappa shape index (κ1) is 26.2. The standard InChI is InChI=1S/C31H29N3O4S/c35-27(20-38-31(37)23-15-7-9-17-25(23)33-22-13-5-2-6-14-22)34-30-28(24-16-8-10-18-26(24)39-30)29(36)32-19-21-11-3-1-4-12-21/h1-7,9,11-15,17,33H,8,10,16,18-20H2,(H,32,36)(H,34,35). The smallest absolute Gasteiger partial charge is 0.340 e. The molecule has 1 heterocycles. The van der Waals surface area contributed by atoms with Crippen LogP contribution >= 0.6 is 11.3 Å². The minimum atomic E-state index is -0.615. The molecule has 7 nitrogen and oxygen atoms in total. The molecule has 0 spiro atoms. The van der Waals surface area contributed by atoms with Crippen molar-refractivity contribution < 1.29 is 19.1 Å². The average Bonchev–Trinajstić information content (AvgIpc) is 3.34. The normalized spacial score (nSPS) is 12.2. The lowest BCUT2D eigenvalue weighted by atomic mass is 9.95. The zero-order valence-electron chi connectivity index (χ0n) is 21.4. The Morgan fingerprint density at radius 2 is 1.51 bits per heavy atom. The Bertz CT molecular complexity index is 1470. The number of thiophene rings is 1. The summed E-state index contributed by atoms with van der Waals surface area (Å²) in [5.74, 6) is -1.32. The maximum atomic E-state index is 13.2. The van der Waals surface area contributed by atoms with Crippen LogP contribution in [0.5, 0.6) is 0 Å². The molecule has 5 rings (SSSR count). The number of aryl methyl sites for hydroxylation is 1. The Hall–Kier alpha value is -4.43. The van der Waals surface area contributed by atoms with Crippen LogP contribution in [0.4, 0.5) is 16.4 Å². The fraction of sp³-hybridized carbons (Fsp3) is 0.194. The summed E-state index contributed by atoms with van der Waals surface area (Å²) in [7, 11) is 0. The third-order valence-electron chi connectivity index (χ3n) is 6.48. The minimum Gasteiger partial charge on any atom is -0.452 e. The molecular weight excluding hydrogens is 510 g/mol. The van der Waals surface area contributed by atoms with E-state index in [-0.39, 0.29) is 5.91 Å². The number of fused-ring (bicyclic) bond motifs is 1. The number of para-hydroxylation sites is 2. The maximum absolute atomic E-state index is 13.2. The summed E-state index contributed by atoms with van der Waals surface area (Å²) in [5.41, 5.74) is 4.25. The van der Waals surface area contributed by atoms with Crippen molar-refractivity contribution in [2.75, 3.05) is 17.2 Å². The van der Waals surface area contributed by atoms with Gasteiger partial charge in [-0.05, 0) is 61.1 Å². The molecule has 1 aromatic heterocycles. The maximum Gasteiger partial charge on any atom is 0.340 e. The van der Waals surface area contributed by atoms with Crippen molar-refractivity contribution in [3.63, 3.8) is 0 Å². The van der Waals surface area contributed by atoms with Crippen molar-refractivity contribution >= 4 is 45.5 Å². The van der Waals surface area contributed by atoms with Crippen LogP contribution in [0.2, 0.25) is 0 Å². The van der Waals surface area contributed by atoms with Gasteiger partial charge in [0, 0.05) is 17.1 Å². The third kappa shape index (κ3) is 6.53. The van der Waals surface area contributed by atoms with E-state index in [1.165, 1.54) is 11.3 Å². The number of amides is 2. The van der Waals surface area contributed by atoms with E-state index in [1.807, 2.05) is 66.7 Å². The molecule has 0 fully saturated rings. The number of anilines is 3. The zero-order chi connectivity index (χ0) is 27.0. The molecule has 0 radical (unpaired) electrons. The molecule has 0 bridgehead atoms. The summed E-state index contributed by atoms with van der Waals surface area (Å²) in [6, 6.07) is 26.2. The Morgan fingerprint density at radius 3 is 2.31 bits per heavy atom. The Kier molecular flexibility index (Phi) is 8.33. The number of rotatable bonds is 9. The number of carbonyl (C=O) groups excluding carboxylic acids is 3. The van der Waals surface area contributed by atoms with Gasteiger partial charge in [-0.1, -0.05) is 60.7 Å². The molecule has 2 amide bonds. The van der Waals surface area contributed by atoms with Crippen LogP contribution in [-0.4, -0.2) is 24.4 Å². The quantitative estimate of drug-likeness (QED) is 0.224. The van der Waals surface area contributed by atoms with Gasteiger partial charge in [0.05, 0.1) is 16.8 Å². The molecule has 0 aliphatic heterocycles. The van der Waals surface area contributed by atoms with Crippen molar-refractivity contribution in [1.82, 2.24) is 5.32 Å². The monoisotopic (exact) mass is 539 g/mol. The molecule has 39 heavy (non-hydrogen) atoms. The largest absolute Gasteiger partial charge is 0.452 e. The van der Waals surface area contributed by atoms with Gasteiger partial charge in [0.2, 0.25) is 0 Å². The molecule has 0 atom stereocenters. The highest BCUT2D eigenvalue weighted by Gasteiger charge is 2.26. The summed E-state index contributed by atoms with van der Waals surface area (Å²) < 4.78 is 5.36. The van der Waals surface area contributed by atoms with Gasteiger partial charge in [0.15, 0.2) is 6.61 Å². The molecule has 0 saturated heterocycles. The minimum absolute atomic E-state index is 0.216. The van der Waals surface area contributed by atoms with Gasteiger partial charge in [-0.15, -0.1) is 11.3 Å². The second-order valence-electron chi connectivity index (χ2n) is 9.24. The van der Waals surface area contributed by atoms with Gasteiger partial charge >= 0.3 is 5.97 Å². The predicted molar refractivity (Wildman–Crippen MR) is 154 cm³/mol. The number of nitrogens with one attached hydrogen (secondary N) is 3. The second kappa shape index (κ2) is 12.4. The average molecular weight is 540 g/mol. The van der Waals surface area contributed by atoms with Crippen LogP contribution in [0.25, 0.3) is 0 Å². The number of hydrogen-bond donors (Lipinski definition) is 3. The van der Waals surface area contributed by atoms with Gasteiger partial charge in [-0.2, -0.15) is 0 Å². The Morgan fingerprint density at radius 1 is 0.821 bits per heavy atom. The van der Waals surface area contributed by atoms with E-state index in [0.29, 0.717) is 28.4 Å². The highest BCUT2D eigenvalue weighted by molar-refractivity contribution is 7.17. The summed E-state index contributed by atoms with van der Waals surface area (Å²) in [5, 5.41) is 9.53. The number of esters is 1. The lowest BCUT2D eigenvalue weighted by molar-refractivity contribution is -0.119. The van der Waals surface area contributed by atoms with Crippen LogP contribution in [-0.2, 0) is 28.9 Å². The summed E-state index contributed by atoms with van der Waals surface area (Å²) in [6.07, 6.45) is 3.75. The predicted octanol–water partition coefficient (Wildman–Crippen LogP) is 6.10. The first-order valence-electron chi connectivity index (χ1n) is 12.9. The van der Waals surface area contributed by atoms with Gasteiger partial charge in [-0.25, -0.2) is 4.79 Å². The molecule has 4 aromatic rings. The van der Waals surface area contributed by atoms with Crippen LogP contribution in [0.15, 0.2) is 84.9 Å². The van der Waals surface area contributed by atoms with E-state index in [4.69, 9.17) is 4.74 Å². The number of carbonyl (C=O) groups is 3. The van der Waals surface area contributed by atoms with Gasteiger partial charge in [-0.3, -0.25) is 9.59 Å². The number of ether oxygens (including phenoxy) is 1. The molecule has 8 heteroatoms. The number of benzene rings is 3. The SMILES string of the molecule is O=C(COC(=O)c1ccccc1Nc1ccccc1)Nc1sc2c(c1C(=O)NCc1ccccc1)CCCC2. The Balaban J connectivity index is 1.25. The van der Waals surface area contributed by atoms with Crippen molar-refractivity contribution in [3.8, 4) is 0 Å². The summed E-state index contributed by atoms with van der Waals surface area (Å²) >= 11 is 1.43. The van der Waals surface area contributed by atoms with E-state index in [1.54, 1.807) is 18.2 Å². The summed E-state index contributed by atoms with van der Waals surface area (Å²) in [6.45, 7) is -0.0716. The molecule has 3 aromatic carbocycles. The fourth-order valence-electron chi connectivity index (χ4n) is 4.58. The Labute approximate surface area is 231 Å². The fourth-order valence-corrected chi connectivity index (χ4v) is 5.88. The topological polar surface area (TPSA) is 96.5 Å². The highest BCUT2D eigenvalue weighted by Crippen LogP contribution is 2.38. The molecular formula is C31H29N3O4S. The number of hydrogen-bond acceptors (Lipinski definition) is 6. The van der Waals surface area contributed by atoms with Crippen LogP contribution in [0.3, 0.4) is 0 Å². The molecule has 3 N–H and O–H groups in total. The highest BCUT2D eigenvalue weighted by atomic mass is 32.1. The lowest BCUT2D eigenvalue weighted by Crippen LogP contribution is -2.26. The lowest BCUT2D eigenvalue weighted by Gasteiger charge is -2.14. The van der Waals surface area contributed by atoms with Crippen molar-refractivity contribution in [2.45, 2.75) is 32.2 Å². The first-order chi connectivity index (χ1) is 19.1. The van der Waals surface area contributed by atoms with Crippen LogP contribution in [0.1, 0.15) is 49.6 Å². The molecule has 0 unspecified atom stereocenters. The van der Waals surface area contributed by atoms with Crippen LogP contribution < -0.4 is 16.0 Å². The van der Waals surface area contributed by atoms with Crippen molar-refractivity contribution in [1.29, 1.82) is 0 Å². The van der Waals surface area contributed by atoms with Gasteiger partial charge in [0.25, 0.3) is 11.8 Å². The molecule has 1 aliphatic carbocycles. The van der Waals surface area contributed by atoms with E-state index in [2.05, 4.69) is 16.0 Å². The van der Waals surface area contributed by atoms with Crippen LogP contribution in [0, 0.1) is 0 Å². The van der Waals surface area contributed by atoms with Gasteiger partial charge in [0.1, 0.15) is 5.00 Å². The first-order valence-corrected chi connectivity index (χ1v) is 13.7. The zero-order valence-corrected chi connectivity index (χ0v) is 22.2. The van der Waals surface area contributed by atoms with E-state index < -0.39 is 18.5 Å². The van der Waals surface area contributed by atoms with E-state index >= 15 is 0 Å². The molecule has 0 saturated carbocycles. The molecule has 1 aliphatic rings. The van der Waals surface area contributed by atoms with E-state index in [0.717, 1.165) is 47.4 Å². The third-order valence-corrected chi connectivity index (χ3v) is 7.69. The van der Waals surface area contributed by atoms with E-state index in [9.17, 15) is 14.4 Å². The van der Waals surface area contributed by atoms with Gasteiger partial charge < -0.3 is 20.7 Å². The van der Waals surface area contributed by atoms with Crippen molar-refractivity contribution in [2.24, 2.45) is 0 Å². The second-order valence-corrected chi connectivity index (χ2v) is 10.3. The summed E-state index contributed by atoms with van der Waals surface area (Å²) in [4.78, 5) is 40.1. The molecule has 198 valence electrons. The van der Waals surface area contributed by atoms with Crippen molar-refractivity contribution in [3.05, 3.63) is 112 Å².